The van der Waals surface area contributed by atoms with Crippen LogP contribution in [-0.4, -0.2) is 51.2 Å². The van der Waals surface area contributed by atoms with Gasteiger partial charge in [0.25, 0.3) is 5.56 Å². The topological polar surface area (TPSA) is 188 Å². The highest BCUT2D eigenvalue weighted by Gasteiger charge is 2.09. The maximum Gasteiger partial charge on any atom is 0.280 e. The summed E-state index contributed by atoms with van der Waals surface area (Å²) < 4.78 is 23.0. The molecule has 1 unspecified atom stereocenters. The van der Waals surface area contributed by atoms with Crippen LogP contribution in [-0.2, 0) is 20.8 Å². The molecule has 0 bridgehead atoms. The van der Waals surface area contributed by atoms with Crippen LogP contribution in [0.2, 0.25) is 0 Å². The smallest absolute Gasteiger partial charge is 0.280 e. The van der Waals surface area contributed by atoms with Crippen LogP contribution in [0.15, 0.2) is 11.1 Å². The van der Waals surface area contributed by atoms with E-state index < -0.39 is 24.8 Å². The Morgan fingerprint density at radius 1 is 1.36 bits per heavy atom. The van der Waals surface area contributed by atoms with Crippen molar-refractivity contribution in [2.75, 3.05) is 31.7 Å². The van der Waals surface area contributed by atoms with Crippen molar-refractivity contribution in [2.24, 2.45) is 0 Å². The molecule has 2 heterocycles. The lowest BCUT2D eigenvalue weighted by Gasteiger charge is -2.23. The molecule has 0 aromatic carbocycles. The number of nitrogen functional groups attached to an aromatic ring is 1. The number of nitrogens with zero attached hydrogens (tertiary/aromatic N) is 3. The van der Waals surface area contributed by atoms with Gasteiger partial charge in [-0.2, -0.15) is 4.98 Å². The minimum absolute atomic E-state index is 0.0326. The van der Waals surface area contributed by atoms with Gasteiger partial charge in [0, 0.05) is 6.61 Å². The molecule has 2 rings (SSSR count). The second-order valence-electron chi connectivity index (χ2n) is 5.00. The maximum absolute atomic E-state index is 11.6. The number of carbonyl (C=O) groups excluding carboxylic acids is 1. The van der Waals surface area contributed by atoms with Crippen LogP contribution in [0.1, 0.15) is 6.42 Å². The third-order valence-electron chi connectivity index (χ3n) is 3.11. The fourth-order valence-electron chi connectivity index (χ4n) is 1.91. The number of carbonyl (C=O) groups is 1. The molecule has 12 nitrogen and oxygen atoms in total. The SMILES string of the molecule is Nc1nc2c(ncn2COCCOCCCP(=O)([O-])C(=O)[O-])c(=O)[nH]1. The van der Waals surface area contributed by atoms with Crippen LogP contribution in [0.25, 0.3) is 11.2 Å². The van der Waals surface area contributed by atoms with Crippen LogP contribution in [0.4, 0.5) is 10.7 Å². The molecule has 2 aromatic rings. The second kappa shape index (κ2) is 8.21. The van der Waals surface area contributed by atoms with E-state index in [1.807, 2.05) is 0 Å². The molecule has 0 saturated heterocycles. The number of carboxylic acid groups (broad SMARTS) is 1. The van der Waals surface area contributed by atoms with Gasteiger partial charge in [0.05, 0.1) is 32.6 Å². The number of hydrogen-bond donors (Lipinski definition) is 2. The number of hydrogen-bond acceptors (Lipinski definition) is 10. The van der Waals surface area contributed by atoms with Crippen molar-refractivity contribution >= 4 is 30.2 Å². The molecule has 1 atom stereocenters. The lowest BCUT2D eigenvalue weighted by molar-refractivity contribution is -0.249. The average molecular weight is 373 g/mol. The molecule has 2 aromatic heterocycles. The number of aromatic nitrogens is 4. The van der Waals surface area contributed by atoms with Gasteiger partial charge in [-0.3, -0.25) is 14.3 Å². The summed E-state index contributed by atoms with van der Waals surface area (Å²) in [6.45, 7) is 0.506. The summed E-state index contributed by atoms with van der Waals surface area (Å²) in [5, 5.41) is 10.3. The van der Waals surface area contributed by atoms with Gasteiger partial charge in [0.15, 0.2) is 11.2 Å². The minimum atomic E-state index is -4.50. The summed E-state index contributed by atoms with van der Waals surface area (Å²) in [6.07, 6.45) is 0.921. The molecule has 0 saturated carbocycles. The van der Waals surface area contributed by atoms with E-state index in [2.05, 4.69) is 15.0 Å². The highest BCUT2D eigenvalue weighted by atomic mass is 31.2. The summed E-state index contributed by atoms with van der Waals surface area (Å²) in [7, 11) is -4.50. The number of aromatic amines is 1. The van der Waals surface area contributed by atoms with Crippen molar-refractivity contribution in [3.63, 3.8) is 0 Å². The summed E-state index contributed by atoms with van der Waals surface area (Å²) in [4.78, 5) is 43.1. The molecule has 13 heteroatoms. The van der Waals surface area contributed by atoms with Gasteiger partial charge in [0.1, 0.15) is 6.73 Å². The second-order valence-corrected chi connectivity index (χ2v) is 7.16. The van der Waals surface area contributed by atoms with Crippen LogP contribution in [0.5, 0.6) is 0 Å². The van der Waals surface area contributed by atoms with Crippen LogP contribution < -0.4 is 21.3 Å². The van der Waals surface area contributed by atoms with E-state index in [-0.39, 0.29) is 50.1 Å². The van der Waals surface area contributed by atoms with E-state index in [1.165, 1.54) is 10.9 Å². The van der Waals surface area contributed by atoms with Crippen molar-refractivity contribution in [2.45, 2.75) is 13.2 Å². The summed E-state index contributed by atoms with van der Waals surface area (Å²) in [5.41, 5.74) is 3.40. The molecular weight excluding hydrogens is 357 g/mol. The van der Waals surface area contributed by atoms with E-state index in [0.29, 0.717) is 0 Å². The summed E-state index contributed by atoms with van der Waals surface area (Å²) in [6, 6.07) is 0. The Hall–Kier alpha value is -2.27. The van der Waals surface area contributed by atoms with E-state index in [4.69, 9.17) is 15.2 Å². The highest BCUT2D eigenvalue weighted by molar-refractivity contribution is 7.73. The normalized spacial score (nSPS) is 13.8. The molecule has 25 heavy (non-hydrogen) atoms. The molecule has 0 aliphatic carbocycles. The number of fused-ring (bicyclic) bond motifs is 1. The molecule has 0 radical (unpaired) electrons. The zero-order valence-electron chi connectivity index (χ0n) is 13.0. The zero-order valence-corrected chi connectivity index (χ0v) is 13.9. The van der Waals surface area contributed by atoms with Crippen LogP contribution >= 0.6 is 7.37 Å². The first-order chi connectivity index (χ1) is 11.8. The summed E-state index contributed by atoms with van der Waals surface area (Å²) >= 11 is 0. The molecule has 3 N–H and O–H groups in total. The van der Waals surface area contributed by atoms with Gasteiger partial charge < -0.3 is 34.6 Å². The Balaban J connectivity index is 1.68. The first-order valence-corrected chi connectivity index (χ1v) is 9.00. The van der Waals surface area contributed by atoms with Gasteiger partial charge in [-0.15, -0.1) is 0 Å². The molecule has 0 aliphatic rings. The maximum atomic E-state index is 11.6. The minimum Gasteiger partial charge on any atom is -0.795 e. The predicted molar refractivity (Wildman–Crippen MR) is 81.8 cm³/mol. The largest absolute Gasteiger partial charge is 0.795 e. The molecule has 138 valence electrons. The number of rotatable bonds is 10. The van der Waals surface area contributed by atoms with Crippen molar-refractivity contribution in [1.29, 1.82) is 0 Å². The van der Waals surface area contributed by atoms with E-state index in [9.17, 15) is 24.2 Å². The highest BCUT2D eigenvalue weighted by Crippen LogP contribution is 2.34. The fourth-order valence-corrected chi connectivity index (χ4v) is 2.64. The summed E-state index contributed by atoms with van der Waals surface area (Å²) in [5.74, 6) is -0.0326. The van der Waals surface area contributed by atoms with Crippen molar-refractivity contribution < 1.29 is 28.8 Å². The first-order valence-electron chi connectivity index (χ1n) is 7.19. The Bertz CT molecular complexity index is 848. The lowest BCUT2D eigenvalue weighted by Crippen LogP contribution is -2.27. The third-order valence-corrected chi connectivity index (χ3v) is 4.58. The molecule has 0 spiro atoms. The third kappa shape index (κ3) is 5.10. The zero-order chi connectivity index (χ0) is 18.4. The first kappa shape index (κ1) is 19.1. The number of imidazole rings is 1. The molecule has 0 fully saturated rings. The Labute approximate surface area is 141 Å². The fraction of sp³-hybridized carbons (Fsp3) is 0.500. The predicted octanol–water partition coefficient (Wildman–Crippen LogP) is -1.94. The lowest BCUT2D eigenvalue weighted by atomic mass is 10.5. The standard InChI is InChI=1S/C12H18N5O7P/c13-11-15-9-8(10(18)16-11)14-6-17(9)7-24-4-3-23-2-1-5-25(21,22)12(19)20/h6H,1-5,7H2,(H,19,20)(H,21,22)(H3,13,15,16,18)/p-2. The monoisotopic (exact) mass is 373 g/mol. The number of H-pyrrole nitrogens is 1. The van der Waals surface area contributed by atoms with E-state index in [1.54, 1.807) is 0 Å². The Morgan fingerprint density at radius 3 is 2.80 bits per heavy atom. The van der Waals surface area contributed by atoms with Crippen molar-refractivity contribution in [3.05, 3.63) is 16.7 Å². The number of anilines is 1. The van der Waals surface area contributed by atoms with Gasteiger partial charge in [-0.1, -0.05) is 0 Å². The van der Waals surface area contributed by atoms with Gasteiger partial charge in [-0.25, -0.2) is 4.98 Å². The quantitative estimate of drug-likeness (QED) is 0.350. The van der Waals surface area contributed by atoms with E-state index in [0.717, 1.165) is 0 Å². The Morgan fingerprint density at radius 2 is 2.08 bits per heavy atom. The van der Waals surface area contributed by atoms with E-state index >= 15 is 0 Å². The number of nitrogens with two attached hydrogens (primary N) is 1. The molecule has 0 amide bonds. The van der Waals surface area contributed by atoms with Crippen LogP contribution in [0, 0.1) is 0 Å². The van der Waals surface area contributed by atoms with Crippen molar-refractivity contribution in [1.82, 2.24) is 19.5 Å². The van der Waals surface area contributed by atoms with Gasteiger partial charge in [0.2, 0.25) is 5.95 Å². The van der Waals surface area contributed by atoms with Crippen molar-refractivity contribution in [3.8, 4) is 0 Å². The van der Waals surface area contributed by atoms with Gasteiger partial charge >= 0.3 is 0 Å². The van der Waals surface area contributed by atoms with Gasteiger partial charge in [-0.05, 0) is 12.6 Å². The number of nitrogens with one attached hydrogen (secondary N) is 1. The molecule has 0 aliphatic heterocycles. The van der Waals surface area contributed by atoms with Crippen LogP contribution in [0.3, 0.4) is 0 Å². The number of ether oxygens (including phenoxy) is 2. The average Bonchev–Trinajstić information content (AvgIpc) is 2.93. The molecular formula is C12H16N5O7P-2. The Kier molecular flexibility index (Phi) is 6.26.